The van der Waals surface area contributed by atoms with Crippen LogP contribution in [0.5, 0.6) is 0 Å². The average molecular weight is 321 g/mol. The molecule has 0 atom stereocenters. The van der Waals surface area contributed by atoms with E-state index in [0.717, 1.165) is 18.9 Å². The molecule has 4 nitrogen and oxygen atoms in total. The molecular weight excluding hydrogens is 303 g/mol. The normalized spacial score (nSPS) is 11.5. The van der Waals surface area contributed by atoms with E-state index in [9.17, 15) is 13.2 Å². The number of halogens is 3. The number of nitrogens with zero attached hydrogens (tertiary/aromatic N) is 2. The number of alkyl halides is 3. The van der Waals surface area contributed by atoms with Crippen LogP contribution in [0.3, 0.4) is 0 Å². The summed E-state index contributed by atoms with van der Waals surface area (Å²) in [7, 11) is 0. The van der Waals surface area contributed by atoms with Crippen LogP contribution in [0.1, 0.15) is 31.0 Å². The second-order valence-corrected chi connectivity index (χ2v) is 4.93. The quantitative estimate of drug-likeness (QED) is 0.755. The maximum atomic E-state index is 12.8. The molecule has 1 aromatic rings. The van der Waals surface area contributed by atoms with E-state index < -0.39 is 11.9 Å². The van der Waals surface area contributed by atoms with Crippen LogP contribution in [-0.4, -0.2) is 34.8 Å². The predicted molar refractivity (Wildman–Crippen MR) is 79.3 cm³/mol. The summed E-state index contributed by atoms with van der Waals surface area (Å²) in [6.07, 6.45) is -2.92. The summed E-state index contributed by atoms with van der Waals surface area (Å²) in [6, 6.07) is 2.08. The molecule has 0 aliphatic rings. The number of unbranched alkanes of at least 4 members (excludes halogenated alkanes) is 1. The van der Waals surface area contributed by atoms with E-state index in [2.05, 4.69) is 4.98 Å². The van der Waals surface area contributed by atoms with E-state index in [1.165, 1.54) is 6.07 Å². The lowest BCUT2D eigenvalue weighted by Crippen LogP contribution is -2.31. The molecule has 0 aromatic carbocycles. The summed E-state index contributed by atoms with van der Waals surface area (Å²) in [5.74, 6) is 0.0693. The first-order chi connectivity index (χ1) is 9.81. The number of hydrogen-bond acceptors (Lipinski definition) is 4. The van der Waals surface area contributed by atoms with Crippen molar-refractivity contribution in [3.8, 4) is 0 Å². The maximum Gasteiger partial charge on any atom is 0.433 e. The average Bonchev–Trinajstić information content (AvgIpc) is 2.41. The van der Waals surface area contributed by atoms with Crippen molar-refractivity contribution >= 4 is 23.0 Å². The fraction of sp³-hybridized carbons (Fsp3) is 0.538. The molecule has 0 saturated carbocycles. The van der Waals surface area contributed by atoms with Crippen molar-refractivity contribution in [2.45, 2.75) is 25.9 Å². The fourth-order valence-corrected chi connectivity index (χ4v) is 1.99. The van der Waals surface area contributed by atoms with E-state index in [4.69, 9.17) is 23.1 Å². The topological polar surface area (TPSA) is 62.4 Å². The Balaban J connectivity index is 3.28. The van der Waals surface area contributed by atoms with Gasteiger partial charge in [0, 0.05) is 13.1 Å². The van der Waals surface area contributed by atoms with Crippen LogP contribution in [0.2, 0.25) is 0 Å². The summed E-state index contributed by atoms with van der Waals surface area (Å²) in [5, 5.41) is 9.10. The van der Waals surface area contributed by atoms with Crippen LogP contribution in [-0.2, 0) is 6.18 Å². The molecule has 21 heavy (non-hydrogen) atoms. The summed E-state index contributed by atoms with van der Waals surface area (Å²) < 4.78 is 38.4. The molecular formula is C13H18F3N3OS. The third-order valence-electron chi connectivity index (χ3n) is 2.88. The van der Waals surface area contributed by atoms with Crippen LogP contribution in [0.4, 0.5) is 19.0 Å². The smallest absolute Gasteiger partial charge is 0.395 e. The first-order valence-corrected chi connectivity index (χ1v) is 6.96. The van der Waals surface area contributed by atoms with Crippen LogP contribution in [0.15, 0.2) is 12.1 Å². The zero-order valence-corrected chi connectivity index (χ0v) is 12.5. The van der Waals surface area contributed by atoms with Gasteiger partial charge in [-0.1, -0.05) is 25.6 Å². The highest BCUT2D eigenvalue weighted by Gasteiger charge is 2.33. The number of anilines is 1. The minimum absolute atomic E-state index is 0.0225. The molecule has 0 saturated heterocycles. The molecule has 0 aliphatic heterocycles. The number of aliphatic hydroxyl groups excluding tert-OH is 1. The lowest BCUT2D eigenvalue weighted by molar-refractivity contribution is -0.141. The lowest BCUT2D eigenvalue weighted by atomic mass is 10.2. The molecule has 3 N–H and O–H groups in total. The molecule has 118 valence electrons. The van der Waals surface area contributed by atoms with Crippen molar-refractivity contribution in [1.82, 2.24) is 4.98 Å². The highest BCUT2D eigenvalue weighted by molar-refractivity contribution is 7.80. The van der Waals surface area contributed by atoms with Gasteiger partial charge < -0.3 is 15.7 Å². The monoisotopic (exact) mass is 321 g/mol. The Morgan fingerprint density at radius 3 is 2.52 bits per heavy atom. The number of pyridine rings is 1. The number of hydrogen-bond donors (Lipinski definition) is 2. The summed E-state index contributed by atoms with van der Waals surface area (Å²) in [6.45, 7) is 2.41. The minimum Gasteiger partial charge on any atom is -0.395 e. The molecule has 0 aliphatic carbocycles. The van der Waals surface area contributed by atoms with Crippen molar-refractivity contribution in [2.24, 2.45) is 5.73 Å². The zero-order valence-electron chi connectivity index (χ0n) is 11.7. The first-order valence-electron chi connectivity index (χ1n) is 6.55. The zero-order chi connectivity index (χ0) is 16.0. The van der Waals surface area contributed by atoms with Crippen molar-refractivity contribution in [3.05, 3.63) is 23.4 Å². The van der Waals surface area contributed by atoms with Gasteiger partial charge in [-0.15, -0.1) is 0 Å². The number of thiocarbonyl (C=S) groups is 1. The largest absolute Gasteiger partial charge is 0.433 e. The van der Waals surface area contributed by atoms with Crippen LogP contribution < -0.4 is 10.6 Å². The van der Waals surface area contributed by atoms with Gasteiger partial charge in [0.05, 0.1) is 12.2 Å². The second-order valence-electron chi connectivity index (χ2n) is 4.49. The Hall–Kier alpha value is -1.41. The van der Waals surface area contributed by atoms with Gasteiger partial charge in [0.2, 0.25) is 0 Å². The molecule has 1 aromatic heterocycles. The Morgan fingerprint density at radius 2 is 2.05 bits per heavy atom. The minimum atomic E-state index is -4.54. The number of nitrogens with two attached hydrogens (primary N) is 1. The maximum absolute atomic E-state index is 12.8. The van der Waals surface area contributed by atoms with Gasteiger partial charge >= 0.3 is 6.18 Å². The highest BCUT2D eigenvalue weighted by Crippen LogP contribution is 2.30. The standard InChI is InChI=1S/C13H18F3N3OS/c1-2-3-6-19(7-8-20)12-9(11(17)21)4-5-10(18-12)13(14,15)16/h4-5,20H,2-3,6-8H2,1H3,(H2,17,21). The third kappa shape index (κ3) is 4.82. The van der Waals surface area contributed by atoms with E-state index in [1.54, 1.807) is 4.90 Å². The summed E-state index contributed by atoms with van der Waals surface area (Å²) in [4.78, 5) is 5.21. The van der Waals surface area contributed by atoms with E-state index in [1.807, 2.05) is 6.92 Å². The molecule has 0 radical (unpaired) electrons. The van der Waals surface area contributed by atoms with Crippen molar-refractivity contribution in [3.63, 3.8) is 0 Å². The summed E-state index contributed by atoms with van der Waals surface area (Å²) >= 11 is 4.87. The Kier molecular flexibility index (Phi) is 6.35. The lowest BCUT2D eigenvalue weighted by Gasteiger charge is -2.25. The van der Waals surface area contributed by atoms with Gasteiger partial charge in [0.25, 0.3) is 0 Å². The molecule has 1 heterocycles. The van der Waals surface area contributed by atoms with Crippen molar-refractivity contribution in [2.75, 3.05) is 24.6 Å². The molecule has 1 rings (SSSR count). The summed E-state index contributed by atoms with van der Waals surface area (Å²) in [5.41, 5.74) is 4.83. The number of aromatic nitrogens is 1. The number of rotatable bonds is 7. The van der Waals surface area contributed by atoms with E-state index in [0.29, 0.717) is 6.54 Å². The second kappa shape index (κ2) is 7.56. The van der Waals surface area contributed by atoms with Crippen LogP contribution in [0.25, 0.3) is 0 Å². The molecule has 0 spiro atoms. The van der Waals surface area contributed by atoms with Crippen molar-refractivity contribution < 1.29 is 18.3 Å². The molecule has 0 unspecified atom stereocenters. The third-order valence-corrected chi connectivity index (χ3v) is 3.10. The van der Waals surface area contributed by atoms with Gasteiger partial charge in [0.15, 0.2) is 0 Å². The molecule has 0 amide bonds. The van der Waals surface area contributed by atoms with Gasteiger partial charge in [-0.3, -0.25) is 0 Å². The Labute approximate surface area is 126 Å². The fourth-order valence-electron chi connectivity index (χ4n) is 1.83. The molecule has 0 bridgehead atoms. The van der Waals surface area contributed by atoms with Gasteiger partial charge in [-0.25, -0.2) is 4.98 Å². The van der Waals surface area contributed by atoms with E-state index in [-0.39, 0.29) is 29.5 Å². The van der Waals surface area contributed by atoms with Crippen molar-refractivity contribution in [1.29, 1.82) is 0 Å². The molecule has 8 heteroatoms. The Bertz CT molecular complexity index is 494. The van der Waals surface area contributed by atoms with Gasteiger partial charge in [-0.05, 0) is 18.6 Å². The Morgan fingerprint density at radius 1 is 1.38 bits per heavy atom. The van der Waals surface area contributed by atoms with Gasteiger partial charge in [0.1, 0.15) is 16.5 Å². The predicted octanol–water partition coefficient (Wildman–Crippen LogP) is 2.33. The highest BCUT2D eigenvalue weighted by atomic mass is 32.1. The van der Waals surface area contributed by atoms with Gasteiger partial charge in [-0.2, -0.15) is 13.2 Å². The molecule has 0 fully saturated rings. The SMILES string of the molecule is CCCCN(CCO)c1nc(C(F)(F)F)ccc1C(N)=S. The van der Waals surface area contributed by atoms with E-state index >= 15 is 0 Å². The first kappa shape index (κ1) is 17.6. The number of aliphatic hydroxyl groups is 1. The van der Waals surface area contributed by atoms with Crippen LogP contribution in [0, 0.1) is 0 Å². The van der Waals surface area contributed by atoms with Crippen LogP contribution >= 0.6 is 12.2 Å².